The number of aromatic carboxylic acids is 1. The van der Waals surface area contributed by atoms with Gasteiger partial charge in [-0.3, -0.25) is 0 Å². The van der Waals surface area contributed by atoms with Gasteiger partial charge in [-0.25, -0.2) is 4.79 Å². The number of likely N-dealkylation sites (tertiary alicyclic amines) is 1. The number of hydrogen-bond acceptors (Lipinski definition) is 3. The zero-order valence-corrected chi connectivity index (χ0v) is 15.0. The number of benzene rings is 2. The lowest BCUT2D eigenvalue weighted by Gasteiger charge is -2.26. The fraction of sp³-hybridized carbons (Fsp3) is 0.476. The molecule has 0 spiro atoms. The first-order chi connectivity index (χ1) is 12.2. The summed E-state index contributed by atoms with van der Waals surface area (Å²) in [6.07, 6.45) is 5.76. The van der Waals surface area contributed by atoms with Gasteiger partial charge in [0.1, 0.15) is 5.75 Å². The Morgan fingerprint density at radius 1 is 1.16 bits per heavy atom. The van der Waals surface area contributed by atoms with Gasteiger partial charge in [-0.05, 0) is 73.3 Å². The molecule has 2 aromatic carbocycles. The summed E-state index contributed by atoms with van der Waals surface area (Å²) in [7, 11) is 0. The van der Waals surface area contributed by atoms with Crippen LogP contribution in [0.2, 0.25) is 0 Å². The number of ether oxygens (including phenoxy) is 1. The number of carboxylic acid groups (broad SMARTS) is 1. The van der Waals surface area contributed by atoms with Crippen molar-refractivity contribution in [2.45, 2.75) is 39.0 Å². The molecule has 1 N–H and O–H groups in total. The highest BCUT2D eigenvalue weighted by molar-refractivity contribution is 5.98. The van der Waals surface area contributed by atoms with Crippen molar-refractivity contribution in [1.82, 2.24) is 4.90 Å². The highest BCUT2D eigenvalue weighted by Gasteiger charge is 2.13. The predicted molar refractivity (Wildman–Crippen MR) is 101 cm³/mol. The Morgan fingerprint density at radius 2 is 1.96 bits per heavy atom. The van der Waals surface area contributed by atoms with E-state index in [1.165, 1.54) is 32.4 Å². The molecule has 0 atom stereocenters. The van der Waals surface area contributed by atoms with E-state index in [0.29, 0.717) is 12.0 Å². The number of hydrogen-bond donors (Lipinski definition) is 1. The van der Waals surface area contributed by atoms with Crippen molar-refractivity contribution in [3.05, 3.63) is 41.5 Å². The lowest BCUT2D eigenvalue weighted by molar-refractivity contribution is 0.0696. The maximum atomic E-state index is 11.4. The van der Waals surface area contributed by atoms with Crippen LogP contribution in [0.5, 0.6) is 5.75 Å². The average Bonchev–Trinajstić information content (AvgIpc) is 2.64. The second-order valence-corrected chi connectivity index (χ2v) is 6.74. The van der Waals surface area contributed by atoms with E-state index in [1.807, 2.05) is 31.2 Å². The van der Waals surface area contributed by atoms with E-state index >= 15 is 0 Å². The van der Waals surface area contributed by atoms with E-state index in [2.05, 4.69) is 4.90 Å². The van der Waals surface area contributed by atoms with Crippen molar-refractivity contribution in [1.29, 1.82) is 0 Å². The zero-order chi connectivity index (χ0) is 17.6. The summed E-state index contributed by atoms with van der Waals surface area (Å²) >= 11 is 0. The van der Waals surface area contributed by atoms with Gasteiger partial charge in [0.2, 0.25) is 0 Å². The standard InChI is InChI=1S/C21H27NO3/c1-2-18-19-10-8-17(15-16(19)7-9-20(18)21(23)24)25-14-6-13-22-11-4-3-5-12-22/h7-10,15H,2-6,11-14H2,1H3,(H,23,24). The smallest absolute Gasteiger partial charge is 0.335 e. The molecule has 0 radical (unpaired) electrons. The first-order valence-corrected chi connectivity index (χ1v) is 9.33. The van der Waals surface area contributed by atoms with Crippen LogP contribution in [0.3, 0.4) is 0 Å². The summed E-state index contributed by atoms with van der Waals surface area (Å²) in [5, 5.41) is 11.4. The number of piperidine rings is 1. The van der Waals surface area contributed by atoms with E-state index < -0.39 is 5.97 Å². The molecule has 1 aliphatic heterocycles. The Balaban J connectivity index is 1.63. The normalized spacial score (nSPS) is 15.4. The van der Waals surface area contributed by atoms with Gasteiger partial charge in [0, 0.05) is 6.54 Å². The third-order valence-corrected chi connectivity index (χ3v) is 5.02. The third-order valence-electron chi connectivity index (χ3n) is 5.02. The molecule has 0 unspecified atom stereocenters. The molecule has 4 nitrogen and oxygen atoms in total. The number of aryl methyl sites for hydroxylation is 1. The van der Waals surface area contributed by atoms with Crippen molar-refractivity contribution in [3.8, 4) is 5.75 Å². The van der Waals surface area contributed by atoms with Crippen LogP contribution >= 0.6 is 0 Å². The van der Waals surface area contributed by atoms with Crippen LogP contribution in [-0.2, 0) is 6.42 Å². The Labute approximate surface area is 149 Å². The maximum Gasteiger partial charge on any atom is 0.335 e. The number of nitrogens with zero attached hydrogens (tertiary/aromatic N) is 1. The van der Waals surface area contributed by atoms with Gasteiger partial charge in [0.25, 0.3) is 0 Å². The van der Waals surface area contributed by atoms with Crippen molar-refractivity contribution < 1.29 is 14.6 Å². The van der Waals surface area contributed by atoms with Crippen LogP contribution in [0.4, 0.5) is 0 Å². The molecule has 4 heteroatoms. The van der Waals surface area contributed by atoms with Gasteiger partial charge >= 0.3 is 5.97 Å². The number of fused-ring (bicyclic) bond motifs is 1. The van der Waals surface area contributed by atoms with Gasteiger partial charge in [0.15, 0.2) is 0 Å². The van der Waals surface area contributed by atoms with Gasteiger partial charge in [-0.1, -0.05) is 25.5 Å². The molecule has 3 rings (SSSR count). The summed E-state index contributed by atoms with van der Waals surface area (Å²) in [5.41, 5.74) is 1.28. The largest absolute Gasteiger partial charge is 0.494 e. The second kappa shape index (κ2) is 8.34. The average molecular weight is 341 g/mol. The minimum atomic E-state index is -0.864. The number of carboxylic acids is 1. The van der Waals surface area contributed by atoms with Crippen LogP contribution in [0, 0.1) is 0 Å². The molecular weight excluding hydrogens is 314 g/mol. The molecular formula is C21H27NO3. The fourth-order valence-electron chi connectivity index (χ4n) is 3.70. The first-order valence-electron chi connectivity index (χ1n) is 9.33. The van der Waals surface area contributed by atoms with Crippen molar-refractivity contribution >= 4 is 16.7 Å². The van der Waals surface area contributed by atoms with Gasteiger partial charge < -0.3 is 14.7 Å². The van der Waals surface area contributed by atoms with Crippen molar-refractivity contribution in [2.24, 2.45) is 0 Å². The van der Waals surface area contributed by atoms with Crippen LogP contribution in [0.25, 0.3) is 10.8 Å². The summed E-state index contributed by atoms with van der Waals surface area (Å²) in [6, 6.07) is 9.53. The molecule has 0 amide bonds. The zero-order valence-electron chi connectivity index (χ0n) is 15.0. The lowest BCUT2D eigenvalue weighted by atomic mass is 9.97. The molecule has 0 aliphatic carbocycles. The van der Waals surface area contributed by atoms with Crippen LogP contribution < -0.4 is 4.74 Å². The molecule has 0 saturated carbocycles. The van der Waals surface area contributed by atoms with Crippen molar-refractivity contribution in [2.75, 3.05) is 26.2 Å². The van der Waals surface area contributed by atoms with Crippen molar-refractivity contribution in [3.63, 3.8) is 0 Å². The van der Waals surface area contributed by atoms with Crippen LogP contribution in [-0.4, -0.2) is 42.2 Å². The van der Waals surface area contributed by atoms with Gasteiger partial charge in [0.05, 0.1) is 12.2 Å². The lowest BCUT2D eigenvalue weighted by Crippen LogP contribution is -2.31. The molecule has 1 heterocycles. The SMILES string of the molecule is CCc1c(C(=O)O)ccc2cc(OCCCN3CCCCC3)ccc12. The third kappa shape index (κ3) is 4.31. The summed E-state index contributed by atoms with van der Waals surface area (Å²) in [6.45, 7) is 6.26. The molecule has 25 heavy (non-hydrogen) atoms. The Hall–Kier alpha value is -2.07. The Kier molecular flexibility index (Phi) is 5.92. The van der Waals surface area contributed by atoms with E-state index in [1.54, 1.807) is 6.07 Å². The summed E-state index contributed by atoms with van der Waals surface area (Å²) in [4.78, 5) is 13.9. The minimum absolute atomic E-state index is 0.394. The number of rotatable bonds is 7. The molecule has 0 aromatic heterocycles. The van der Waals surface area contributed by atoms with E-state index in [4.69, 9.17) is 4.74 Å². The summed E-state index contributed by atoms with van der Waals surface area (Å²) in [5.74, 6) is -0.00642. The van der Waals surface area contributed by atoms with Gasteiger partial charge in [-0.2, -0.15) is 0 Å². The molecule has 1 aliphatic rings. The molecule has 2 aromatic rings. The highest BCUT2D eigenvalue weighted by atomic mass is 16.5. The Morgan fingerprint density at radius 3 is 2.68 bits per heavy atom. The fourth-order valence-corrected chi connectivity index (χ4v) is 3.70. The van der Waals surface area contributed by atoms with E-state index in [9.17, 15) is 9.90 Å². The molecule has 0 bridgehead atoms. The quantitative estimate of drug-likeness (QED) is 0.761. The second-order valence-electron chi connectivity index (χ2n) is 6.74. The first kappa shape index (κ1) is 17.7. The van der Waals surface area contributed by atoms with Gasteiger partial charge in [-0.15, -0.1) is 0 Å². The van der Waals surface area contributed by atoms with Crippen LogP contribution in [0.15, 0.2) is 30.3 Å². The molecule has 1 fully saturated rings. The topological polar surface area (TPSA) is 49.8 Å². The van der Waals surface area contributed by atoms with E-state index in [0.717, 1.165) is 41.7 Å². The Bertz CT molecular complexity index is 735. The predicted octanol–water partition coefficient (Wildman–Crippen LogP) is 4.36. The van der Waals surface area contributed by atoms with Crippen LogP contribution in [0.1, 0.15) is 48.5 Å². The summed E-state index contributed by atoms with van der Waals surface area (Å²) < 4.78 is 5.91. The molecule has 134 valence electrons. The molecule has 1 saturated heterocycles. The highest BCUT2D eigenvalue weighted by Crippen LogP contribution is 2.27. The number of carbonyl (C=O) groups is 1. The van der Waals surface area contributed by atoms with E-state index in [-0.39, 0.29) is 0 Å². The monoisotopic (exact) mass is 341 g/mol. The maximum absolute atomic E-state index is 11.4. The minimum Gasteiger partial charge on any atom is -0.494 e.